The lowest BCUT2D eigenvalue weighted by Crippen LogP contribution is -2.12. The van der Waals surface area contributed by atoms with Crippen molar-refractivity contribution < 1.29 is 0 Å². The zero-order valence-corrected chi connectivity index (χ0v) is 18.4. The molecule has 0 spiro atoms. The molecule has 0 saturated heterocycles. The first-order valence-corrected chi connectivity index (χ1v) is 9.47. The third-order valence-corrected chi connectivity index (χ3v) is 4.55. The van der Waals surface area contributed by atoms with E-state index >= 15 is 0 Å². The van der Waals surface area contributed by atoms with Crippen molar-refractivity contribution in [3.05, 3.63) is 0 Å². The number of hydrogen-bond acceptors (Lipinski definition) is 0. The number of hydrogen-bond donors (Lipinski definition) is 0. The molecule has 1 aliphatic rings. The van der Waals surface area contributed by atoms with Gasteiger partial charge in [-0.2, -0.15) is 0 Å². The second-order valence-electron chi connectivity index (χ2n) is 11.3. The molecule has 0 heterocycles. The molecule has 1 rings (SSSR count). The summed E-state index contributed by atoms with van der Waals surface area (Å²) in [5.41, 5.74) is 1.63. The summed E-state index contributed by atoms with van der Waals surface area (Å²) in [7, 11) is 0. The Balaban J connectivity index is 0. The smallest absolute Gasteiger partial charge is 0.0354 e. The van der Waals surface area contributed by atoms with Gasteiger partial charge in [0.2, 0.25) is 0 Å². The molecule has 0 radical (unpaired) electrons. The summed E-state index contributed by atoms with van der Waals surface area (Å²) in [6, 6.07) is 0. The predicted octanol–water partition coefficient (Wildman–Crippen LogP) is 8.21. The summed E-state index contributed by atoms with van der Waals surface area (Å²) < 4.78 is 0. The molecule has 0 N–H and O–H groups in total. The molecule has 22 heavy (non-hydrogen) atoms. The van der Waals surface area contributed by atoms with Crippen LogP contribution in [0, 0.1) is 34.0 Å². The molecule has 0 amide bonds. The molecule has 136 valence electrons. The van der Waals surface area contributed by atoms with Gasteiger partial charge in [0, 0.05) is 0 Å². The monoisotopic (exact) mass is 312 g/mol. The minimum atomic E-state index is 0.500. The fourth-order valence-corrected chi connectivity index (χ4v) is 2.17. The Morgan fingerprint density at radius 2 is 1.05 bits per heavy atom. The minimum Gasteiger partial charge on any atom is -0.0628 e. The average molecular weight is 313 g/mol. The zero-order chi connectivity index (χ0) is 18.4. The molecule has 0 aromatic carbocycles. The molecule has 0 nitrogen and oxygen atoms in total. The highest BCUT2D eigenvalue weighted by atomic mass is 14.4. The molecule has 1 saturated carbocycles. The van der Waals surface area contributed by atoms with Gasteiger partial charge in [-0.3, -0.25) is 0 Å². The van der Waals surface area contributed by atoms with Crippen molar-refractivity contribution in [2.75, 3.05) is 0 Å². The Hall–Kier alpha value is 0. The summed E-state index contributed by atoms with van der Waals surface area (Å²) in [5.74, 6) is 2.69. The van der Waals surface area contributed by atoms with E-state index in [1.54, 1.807) is 0 Å². The van der Waals surface area contributed by atoms with Crippen LogP contribution < -0.4 is 0 Å². The normalized spacial score (nSPS) is 16.0. The third kappa shape index (κ3) is 18.1. The van der Waals surface area contributed by atoms with E-state index < -0.39 is 0 Å². The zero-order valence-electron chi connectivity index (χ0n) is 18.4. The molecule has 0 atom stereocenters. The molecule has 0 aromatic rings. The minimum absolute atomic E-state index is 0.500. The molecule has 1 fully saturated rings. The summed E-state index contributed by atoms with van der Waals surface area (Å²) in [5, 5.41) is 0. The third-order valence-electron chi connectivity index (χ3n) is 4.55. The van der Waals surface area contributed by atoms with Crippen LogP contribution in [-0.4, -0.2) is 0 Å². The summed E-state index contributed by atoms with van der Waals surface area (Å²) in [6.07, 6.45) is 4.28. The maximum atomic E-state index is 2.32. The van der Waals surface area contributed by atoms with Crippen molar-refractivity contribution in [3.63, 3.8) is 0 Å². The van der Waals surface area contributed by atoms with E-state index in [0.717, 1.165) is 17.8 Å². The predicted molar refractivity (Wildman–Crippen MR) is 105 cm³/mol. The Labute approximate surface area is 143 Å². The van der Waals surface area contributed by atoms with Gasteiger partial charge in [-0.25, -0.2) is 0 Å². The second kappa shape index (κ2) is 9.33. The van der Waals surface area contributed by atoms with Crippen LogP contribution in [0.25, 0.3) is 0 Å². The summed E-state index contributed by atoms with van der Waals surface area (Å²) in [6.45, 7) is 29.6. The molecule has 0 unspecified atom stereocenters. The lowest BCUT2D eigenvalue weighted by atomic mass is 9.84. The van der Waals surface area contributed by atoms with Gasteiger partial charge in [0.05, 0.1) is 0 Å². The molecule has 0 heteroatoms. The maximum absolute atomic E-state index is 2.32. The average Bonchev–Trinajstić information content (AvgIpc) is 2.93. The highest BCUT2D eigenvalue weighted by Gasteiger charge is 2.33. The Bertz CT molecular complexity index is 246. The highest BCUT2D eigenvalue weighted by Crippen LogP contribution is 2.44. The van der Waals surface area contributed by atoms with Crippen LogP contribution in [0.5, 0.6) is 0 Å². The maximum Gasteiger partial charge on any atom is -0.0354 e. The summed E-state index contributed by atoms with van der Waals surface area (Å²) in [4.78, 5) is 0. The van der Waals surface area contributed by atoms with E-state index in [2.05, 4.69) is 90.0 Å². The largest absolute Gasteiger partial charge is 0.0628 e. The molecule has 0 aliphatic heterocycles. The molecule has 0 aromatic heterocycles. The molecule has 1 aliphatic carbocycles. The van der Waals surface area contributed by atoms with E-state index in [1.807, 2.05) is 0 Å². The Morgan fingerprint density at radius 1 is 0.727 bits per heavy atom. The highest BCUT2D eigenvalue weighted by molar-refractivity contribution is 4.84. The van der Waals surface area contributed by atoms with Crippen molar-refractivity contribution in [3.8, 4) is 0 Å². The van der Waals surface area contributed by atoms with Crippen molar-refractivity contribution in [1.29, 1.82) is 0 Å². The van der Waals surface area contributed by atoms with Crippen molar-refractivity contribution in [2.24, 2.45) is 34.0 Å². The van der Waals surface area contributed by atoms with Gasteiger partial charge >= 0.3 is 0 Å². The van der Waals surface area contributed by atoms with Crippen LogP contribution in [0.15, 0.2) is 0 Å². The van der Waals surface area contributed by atoms with Crippen LogP contribution in [0.1, 0.15) is 109 Å². The van der Waals surface area contributed by atoms with E-state index in [1.165, 1.54) is 19.3 Å². The van der Waals surface area contributed by atoms with Gasteiger partial charge in [0.1, 0.15) is 0 Å². The van der Waals surface area contributed by atoms with Crippen LogP contribution in [-0.2, 0) is 0 Å². The Morgan fingerprint density at radius 3 is 1.05 bits per heavy atom. The first-order valence-electron chi connectivity index (χ1n) is 9.47. The van der Waals surface area contributed by atoms with Crippen molar-refractivity contribution in [1.82, 2.24) is 0 Å². The molecular weight excluding hydrogens is 264 g/mol. The van der Waals surface area contributed by atoms with Crippen LogP contribution in [0.2, 0.25) is 0 Å². The quantitative estimate of drug-likeness (QED) is 0.457. The van der Waals surface area contributed by atoms with Crippen LogP contribution in [0.4, 0.5) is 0 Å². The SMILES string of the molecule is CC(C)(C)C1CC1.CC(C)C(C)(C)C.CC(C)CC(C)(C)C. The Kier molecular flexibility index (Phi) is 10.3. The molecular formula is C22H48. The topological polar surface area (TPSA) is 0 Å². The first kappa shape index (κ1) is 24.3. The second-order valence-corrected chi connectivity index (χ2v) is 11.3. The van der Waals surface area contributed by atoms with Gasteiger partial charge < -0.3 is 0 Å². The van der Waals surface area contributed by atoms with Crippen molar-refractivity contribution >= 4 is 0 Å². The van der Waals surface area contributed by atoms with Gasteiger partial charge in [-0.15, -0.1) is 0 Å². The molecule has 0 bridgehead atoms. The van der Waals surface area contributed by atoms with Gasteiger partial charge in [0.15, 0.2) is 0 Å². The van der Waals surface area contributed by atoms with E-state index in [9.17, 15) is 0 Å². The lowest BCUT2D eigenvalue weighted by molar-refractivity contribution is 0.283. The van der Waals surface area contributed by atoms with E-state index in [-0.39, 0.29) is 0 Å². The van der Waals surface area contributed by atoms with Gasteiger partial charge in [-0.05, 0) is 53.3 Å². The van der Waals surface area contributed by atoms with E-state index in [4.69, 9.17) is 0 Å². The fourth-order valence-electron chi connectivity index (χ4n) is 2.17. The van der Waals surface area contributed by atoms with Crippen molar-refractivity contribution in [2.45, 2.75) is 109 Å². The fraction of sp³-hybridized carbons (Fsp3) is 1.00. The first-order chi connectivity index (χ1) is 9.47. The number of rotatable bonds is 1. The summed E-state index contributed by atoms with van der Waals surface area (Å²) >= 11 is 0. The standard InChI is InChI=1S/C8H18.C7H14.C7H16/c1-7(2)6-8(3,4)5;1-7(2,3)6-4-5-6;1-6(2)7(3,4)5/h7H,6H2,1-5H3;6H,4-5H2,1-3H3;6H,1-5H3. The van der Waals surface area contributed by atoms with Gasteiger partial charge in [0.25, 0.3) is 0 Å². The van der Waals surface area contributed by atoms with Crippen LogP contribution in [0.3, 0.4) is 0 Å². The van der Waals surface area contributed by atoms with Crippen LogP contribution >= 0.6 is 0 Å². The lowest BCUT2D eigenvalue weighted by Gasteiger charge is -2.22. The van der Waals surface area contributed by atoms with Gasteiger partial charge in [-0.1, -0.05) is 90.0 Å². The van der Waals surface area contributed by atoms with E-state index in [0.29, 0.717) is 16.2 Å².